The first-order chi connectivity index (χ1) is 14.0. The summed E-state index contributed by atoms with van der Waals surface area (Å²) in [6, 6.07) is 4.35. The van der Waals surface area contributed by atoms with Crippen molar-refractivity contribution in [1.82, 2.24) is 9.97 Å². The van der Waals surface area contributed by atoms with E-state index in [1.807, 2.05) is 18.5 Å². The number of morpholine rings is 1. The van der Waals surface area contributed by atoms with E-state index in [0.717, 1.165) is 42.8 Å². The van der Waals surface area contributed by atoms with Gasteiger partial charge in [-0.15, -0.1) is 0 Å². The quantitative estimate of drug-likeness (QED) is 0.766. The lowest BCUT2D eigenvalue weighted by atomic mass is 10.0. The fourth-order valence-corrected chi connectivity index (χ4v) is 5.73. The summed E-state index contributed by atoms with van der Waals surface area (Å²) in [5.41, 5.74) is 5.27. The first kappa shape index (κ1) is 18.8. The van der Waals surface area contributed by atoms with E-state index in [1.54, 1.807) is 6.26 Å². The van der Waals surface area contributed by atoms with Crippen LogP contribution in [0.3, 0.4) is 0 Å². The minimum absolute atomic E-state index is 0.198. The molecular formula is C22H26N4O2S. The topological polar surface area (TPSA) is 67.7 Å². The Kier molecular flexibility index (Phi) is 4.67. The van der Waals surface area contributed by atoms with Crippen LogP contribution in [0.1, 0.15) is 30.9 Å². The summed E-state index contributed by atoms with van der Waals surface area (Å²) in [5, 5.41) is 0.198. The number of rotatable bonds is 4. The first-order valence-corrected chi connectivity index (χ1v) is 12.2. The molecule has 2 fully saturated rings. The van der Waals surface area contributed by atoms with Crippen LogP contribution in [0.15, 0.2) is 35.0 Å². The molecule has 0 N–H and O–H groups in total. The summed E-state index contributed by atoms with van der Waals surface area (Å²) in [4.78, 5) is 11.6. The molecule has 0 aromatic carbocycles. The number of anilines is 1. The Bertz CT molecular complexity index is 1100. The maximum atomic E-state index is 13.0. The van der Waals surface area contributed by atoms with Gasteiger partial charge in [-0.05, 0) is 43.4 Å². The van der Waals surface area contributed by atoms with Crippen LogP contribution in [0.2, 0.25) is 0 Å². The van der Waals surface area contributed by atoms with Crippen molar-refractivity contribution in [3.63, 3.8) is 0 Å². The van der Waals surface area contributed by atoms with E-state index in [4.69, 9.17) is 9.72 Å². The number of pyridine rings is 2. The molecule has 7 heteroatoms. The molecule has 3 aliphatic rings. The minimum Gasteiger partial charge on any atom is -0.377 e. The molecule has 2 aromatic heterocycles. The molecule has 3 heterocycles. The molecule has 1 saturated heterocycles. The number of aromatic nitrogens is 2. The first-order valence-electron chi connectivity index (χ1n) is 10.2. The summed E-state index contributed by atoms with van der Waals surface area (Å²) < 4.78 is 23.3. The molecule has 2 atom stereocenters. The highest BCUT2D eigenvalue weighted by molar-refractivity contribution is 7.93. The summed E-state index contributed by atoms with van der Waals surface area (Å²) in [6.45, 7) is 4.38. The van der Waals surface area contributed by atoms with Gasteiger partial charge < -0.3 is 9.64 Å². The van der Waals surface area contributed by atoms with Gasteiger partial charge in [-0.2, -0.15) is 4.36 Å². The zero-order valence-electron chi connectivity index (χ0n) is 16.9. The van der Waals surface area contributed by atoms with Crippen molar-refractivity contribution < 1.29 is 8.95 Å². The average molecular weight is 411 g/mol. The molecular weight excluding hydrogens is 384 g/mol. The smallest absolute Gasteiger partial charge is 0.164 e. The zero-order valence-corrected chi connectivity index (χ0v) is 17.7. The lowest BCUT2D eigenvalue weighted by Gasteiger charge is -2.35. The highest BCUT2D eigenvalue weighted by atomic mass is 32.2. The van der Waals surface area contributed by atoms with Crippen LogP contribution in [0.4, 0.5) is 11.5 Å². The van der Waals surface area contributed by atoms with Gasteiger partial charge >= 0.3 is 0 Å². The van der Waals surface area contributed by atoms with E-state index in [9.17, 15) is 4.21 Å². The SMILES string of the molecule is C[C@@H]1COCCN1c1cc(N=S(C)(=O)C2CC2)nc(-c2cncc3c2C=CC3)c1. The van der Waals surface area contributed by atoms with Crippen molar-refractivity contribution in [2.45, 2.75) is 37.5 Å². The average Bonchev–Trinajstić information content (AvgIpc) is 3.46. The van der Waals surface area contributed by atoms with Crippen molar-refractivity contribution >= 4 is 27.3 Å². The number of hydrogen-bond acceptors (Lipinski definition) is 6. The second kappa shape index (κ2) is 7.22. The molecule has 5 rings (SSSR count). The third-order valence-corrected chi connectivity index (χ3v) is 8.14. The Morgan fingerprint density at radius 2 is 2.14 bits per heavy atom. The second-order valence-electron chi connectivity index (χ2n) is 8.20. The van der Waals surface area contributed by atoms with Crippen LogP contribution >= 0.6 is 0 Å². The number of ether oxygens (including phenoxy) is 1. The maximum absolute atomic E-state index is 13.0. The highest BCUT2D eigenvalue weighted by Gasteiger charge is 2.31. The minimum atomic E-state index is -2.27. The van der Waals surface area contributed by atoms with Crippen LogP contribution in [-0.2, 0) is 20.9 Å². The molecule has 1 saturated carbocycles. The summed E-state index contributed by atoms with van der Waals surface area (Å²) >= 11 is 0. The van der Waals surface area contributed by atoms with Crippen LogP contribution in [-0.4, -0.2) is 51.5 Å². The molecule has 0 amide bonds. The fourth-order valence-electron chi connectivity index (χ4n) is 4.11. The molecule has 1 unspecified atom stereocenters. The van der Waals surface area contributed by atoms with Crippen LogP contribution in [0.25, 0.3) is 17.3 Å². The molecule has 29 heavy (non-hydrogen) atoms. The highest BCUT2D eigenvalue weighted by Crippen LogP contribution is 2.36. The predicted octanol–water partition coefficient (Wildman–Crippen LogP) is 3.83. The van der Waals surface area contributed by atoms with E-state index >= 15 is 0 Å². The predicted molar refractivity (Wildman–Crippen MR) is 117 cm³/mol. The molecule has 0 radical (unpaired) electrons. The molecule has 2 aliphatic carbocycles. The number of allylic oxidation sites excluding steroid dienone is 1. The third-order valence-electron chi connectivity index (χ3n) is 5.88. The Morgan fingerprint density at radius 3 is 2.93 bits per heavy atom. The van der Waals surface area contributed by atoms with Gasteiger partial charge in [0, 0.05) is 53.8 Å². The molecule has 2 aromatic rings. The van der Waals surface area contributed by atoms with E-state index in [0.29, 0.717) is 19.0 Å². The van der Waals surface area contributed by atoms with E-state index < -0.39 is 9.73 Å². The van der Waals surface area contributed by atoms with E-state index in [1.165, 1.54) is 11.1 Å². The summed E-state index contributed by atoms with van der Waals surface area (Å²) in [6.07, 6.45) is 12.7. The van der Waals surface area contributed by atoms with Gasteiger partial charge in [-0.25, -0.2) is 9.19 Å². The normalized spacial score (nSPS) is 23.0. The third kappa shape index (κ3) is 3.69. The van der Waals surface area contributed by atoms with Crippen molar-refractivity contribution in [1.29, 1.82) is 0 Å². The monoisotopic (exact) mass is 410 g/mol. The van der Waals surface area contributed by atoms with Crippen molar-refractivity contribution in [2.24, 2.45) is 4.36 Å². The van der Waals surface area contributed by atoms with Gasteiger partial charge in [-0.3, -0.25) is 4.98 Å². The molecule has 0 spiro atoms. The lowest BCUT2D eigenvalue weighted by molar-refractivity contribution is 0.0989. The van der Waals surface area contributed by atoms with Crippen molar-refractivity contribution in [2.75, 3.05) is 30.9 Å². The number of hydrogen-bond donors (Lipinski definition) is 0. The molecule has 152 valence electrons. The Hall–Kier alpha value is -2.25. The van der Waals surface area contributed by atoms with Gasteiger partial charge in [0.05, 0.1) is 28.6 Å². The molecule has 0 bridgehead atoms. The van der Waals surface area contributed by atoms with E-state index in [2.05, 4.69) is 39.4 Å². The van der Waals surface area contributed by atoms with Crippen molar-refractivity contribution in [3.05, 3.63) is 41.7 Å². The van der Waals surface area contributed by atoms with Crippen LogP contribution in [0.5, 0.6) is 0 Å². The van der Waals surface area contributed by atoms with Crippen LogP contribution < -0.4 is 4.90 Å². The lowest BCUT2D eigenvalue weighted by Crippen LogP contribution is -2.43. The maximum Gasteiger partial charge on any atom is 0.164 e. The van der Waals surface area contributed by atoms with Gasteiger partial charge in [0.1, 0.15) is 0 Å². The fraction of sp³-hybridized carbons (Fsp3) is 0.455. The van der Waals surface area contributed by atoms with Crippen LogP contribution in [0, 0.1) is 0 Å². The number of nitrogens with zero attached hydrogens (tertiary/aromatic N) is 4. The second-order valence-corrected chi connectivity index (χ2v) is 10.8. The van der Waals surface area contributed by atoms with Gasteiger partial charge in [-0.1, -0.05) is 12.2 Å². The van der Waals surface area contributed by atoms with Gasteiger partial charge in [0.25, 0.3) is 0 Å². The Morgan fingerprint density at radius 1 is 1.28 bits per heavy atom. The molecule has 1 aliphatic heterocycles. The Balaban J connectivity index is 1.65. The number of fused-ring (bicyclic) bond motifs is 1. The van der Waals surface area contributed by atoms with Crippen molar-refractivity contribution in [3.8, 4) is 11.3 Å². The standard InChI is InChI=1S/C22H26N4O2S/c1-15-14-28-9-8-26(15)17-10-21(20-13-23-12-16-4-3-5-19(16)20)24-22(11-17)25-29(2,27)18-6-7-18/h3,5,10-13,15,18H,4,6-9,14H2,1-2H3/t15-,29?/m1/s1. The largest absolute Gasteiger partial charge is 0.377 e. The zero-order chi connectivity index (χ0) is 20.0. The summed E-state index contributed by atoms with van der Waals surface area (Å²) in [7, 11) is -2.27. The Labute approximate surface area is 172 Å². The van der Waals surface area contributed by atoms with E-state index in [-0.39, 0.29) is 11.3 Å². The summed E-state index contributed by atoms with van der Waals surface area (Å²) in [5.74, 6) is 0.551. The molecule has 6 nitrogen and oxygen atoms in total. The van der Waals surface area contributed by atoms with Gasteiger partial charge in [0.15, 0.2) is 5.82 Å². The van der Waals surface area contributed by atoms with Gasteiger partial charge in [0.2, 0.25) is 0 Å².